The number of nitrogens with zero attached hydrogens (tertiary/aromatic N) is 7. The summed E-state index contributed by atoms with van der Waals surface area (Å²) in [6, 6.07) is 7.72. The van der Waals surface area contributed by atoms with Gasteiger partial charge >= 0.3 is 0 Å². The predicted octanol–water partition coefficient (Wildman–Crippen LogP) is 2.13. The molecule has 1 aliphatic rings. The van der Waals surface area contributed by atoms with Crippen molar-refractivity contribution in [1.82, 2.24) is 24.7 Å². The van der Waals surface area contributed by atoms with Gasteiger partial charge in [-0.2, -0.15) is 5.10 Å². The second kappa shape index (κ2) is 6.14. The summed E-state index contributed by atoms with van der Waals surface area (Å²) in [7, 11) is 0. The molecule has 0 aromatic carbocycles. The Labute approximate surface area is 149 Å². The normalized spacial score (nSPS) is 14.9. The first-order chi connectivity index (χ1) is 12.9. The van der Waals surface area contributed by atoms with Crippen LogP contribution < -0.4 is 9.80 Å². The fraction of sp³-hybridized carbons (Fsp3) is 0.222. The van der Waals surface area contributed by atoms with Crippen LogP contribution in [0.25, 0.3) is 16.8 Å². The van der Waals surface area contributed by atoms with E-state index in [4.69, 9.17) is 4.42 Å². The van der Waals surface area contributed by atoms with E-state index in [0.29, 0.717) is 0 Å². The Bertz CT molecular complexity index is 1020. The van der Waals surface area contributed by atoms with E-state index in [0.717, 1.165) is 54.6 Å². The zero-order valence-electron chi connectivity index (χ0n) is 14.1. The average molecular weight is 347 g/mol. The van der Waals surface area contributed by atoms with Crippen molar-refractivity contribution in [3.8, 4) is 5.82 Å². The summed E-state index contributed by atoms with van der Waals surface area (Å²) in [5, 5.41) is 5.29. The van der Waals surface area contributed by atoms with Crippen LogP contribution in [0.2, 0.25) is 0 Å². The van der Waals surface area contributed by atoms with Gasteiger partial charge in [-0.25, -0.2) is 19.6 Å². The third-order valence-electron chi connectivity index (χ3n) is 4.64. The molecule has 1 aliphatic heterocycles. The van der Waals surface area contributed by atoms with Crippen LogP contribution >= 0.6 is 0 Å². The molecule has 8 nitrogen and oxygen atoms in total. The van der Waals surface area contributed by atoms with Gasteiger partial charge in [-0.05, 0) is 18.2 Å². The molecule has 4 aromatic heterocycles. The minimum atomic E-state index is 0.771. The molecule has 5 rings (SSSR count). The van der Waals surface area contributed by atoms with Gasteiger partial charge in [0.05, 0.1) is 11.6 Å². The summed E-state index contributed by atoms with van der Waals surface area (Å²) in [5.41, 5.74) is 0.872. The van der Waals surface area contributed by atoms with Gasteiger partial charge in [0.2, 0.25) is 0 Å². The molecule has 4 aromatic rings. The highest BCUT2D eigenvalue weighted by Crippen LogP contribution is 2.26. The summed E-state index contributed by atoms with van der Waals surface area (Å²) >= 11 is 0. The molecule has 0 bridgehead atoms. The molecule has 0 amide bonds. The van der Waals surface area contributed by atoms with Crippen LogP contribution in [0, 0.1) is 0 Å². The number of fused-ring (bicyclic) bond motifs is 1. The van der Waals surface area contributed by atoms with Crippen LogP contribution in [0.5, 0.6) is 0 Å². The second-order valence-electron chi connectivity index (χ2n) is 6.13. The van der Waals surface area contributed by atoms with Gasteiger partial charge in [0.25, 0.3) is 0 Å². The molecule has 0 atom stereocenters. The monoisotopic (exact) mass is 347 g/mol. The third kappa shape index (κ3) is 2.55. The van der Waals surface area contributed by atoms with Crippen LogP contribution in [0.3, 0.4) is 0 Å². The predicted molar refractivity (Wildman–Crippen MR) is 97.6 cm³/mol. The Morgan fingerprint density at radius 1 is 0.885 bits per heavy atom. The van der Waals surface area contributed by atoms with Gasteiger partial charge in [-0.15, -0.1) is 0 Å². The maximum absolute atomic E-state index is 5.49. The van der Waals surface area contributed by atoms with E-state index in [2.05, 4.69) is 29.9 Å². The highest BCUT2D eigenvalue weighted by molar-refractivity contribution is 5.88. The number of anilines is 2. The molecule has 1 saturated heterocycles. The molecule has 8 heteroatoms. The van der Waals surface area contributed by atoms with Crippen molar-refractivity contribution >= 4 is 22.6 Å². The lowest BCUT2D eigenvalue weighted by Gasteiger charge is -2.36. The van der Waals surface area contributed by atoms with Gasteiger partial charge < -0.3 is 14.2 Å². The lowest BCUT2D eigenvalue weighted by Crippen LogP contribution is -2.47. The van der Waals surface area contributed by atoms with Crippen molar-refractivity contribution in [2.45, 2.75) is 0 Å². The van der Waals surface area contributed by atoms with Crippen molar-refractivity contribution in [3.63, 3.8) is 0 Å². The molecular formula is C18H17N7O. The standard InChI is InChI=1S/C18H17N7O/c1-4-22-25(6-1)17-12-16(20-13-21-17)23-7-9-24(10-8-23)18-14-3-11-26-15(14)2-5-19-18/h1-6,11-13H,7-10H2. The quantitative estimate of drug-likeness (QED) is 0.562. The summed E-state index contributed by atoms with van der Waals surface area (Å²) in [4.78, 5) is 17.9. The van der Waals surface area contributed by atoms with Crippen LogP contribution in [0.4, 0.5) is 11.6 Å². The fourth-order valence-corrected chi connectivity index (χ4v) is 3.32. The minimum Gasteiger partial charge on any atom is -0.464 e. The number of hydrogen-bond acceptors (Lipinski definition) is 7. The number of pyridine rings is 1. The van der Waals surface area contributed by atoms with Crippen LogP contribution in [0.15, 0.2) is 59.9 Å². The smallest absolute Gasteiger partial charge is 0.158 e. The van der Waals surface area contributed by atoms with Crippen molar-refractivity contribution < 1.29 is 4.42 Å². The van der Waals surface area contributed by atoms with Gasteiger partial charge in [-0.3, -0.25) is 0 Å². The van der Waals surface area contributed by atoms with Crippen molar-refractivity contribution in [1.29, 1.82) is 0 Å². The lowest BCUT2D eigenvalue weighted by atomic mass is 10.2. The van der Waals surface area contributed by atoms with Gasteiger partial charge in [0.1, 0.15) is 23.5 Å². The Morgan fingerprint density at radius 3 is 2.58 bits per heavy atom. The second-order valence-corrected chi connectivity index (χ2v) is 6.13. The maximum Gasteiger partial charge on any atom is 0.158 e. The summed E-state index contributed by atoms with van der Waals surface area (Å²) in [6.07, 6.45) is 8.72. The minimum absolute atomic E-state index is 0.771. The molecule has 1 fully saturated rings. The zero-order valence-corrected chi connectivity index (χ0v) is 14.1. The molecule has 0 radical (unpaired) electrons. The number of hydrogen-bond donors (Lipinski definition) is 0. The van der Waals surface area contributed by atoms with E-state index in [1.54, 1.807) is 29.7 Å². The van der Waals surface area contributed by atoms with E-state index in [1.165, 1.54) is 0 Å². The largest absolute Gasteiger partial charge is 0.464 e. The number of aromatic nitrogens is 5. The average Bonchev–Trinajstić information content (AvgIpc) is 3.40. The molecular weight excluding hydrogens is 330 g/mol. The molecule has 26 heavy (non-hydrogen) atoms. The van der Waals surface area contributed by atoms with Crippen LogP contribution in [-0.2, 0) is 0 Å². The van der Waals surface area contributed by atoms with Crippen LogP contribution in [0.1, 0.15) is 0 Å². The number of furan rings is 1. The maximum atomic E-state index is 5.49. The lowest BCUT2D eigenvalue weighted by molar-refractivity contribution is 0.614. The third-order valence-corrected chi connectivity index (χ3v) is 4.64. The first kappa shape index (κ1) is 14.9. The highest BCUT2D eigenvalue weighted by atomic mass is 16.3. The molecule has 5 heterocycles. The van der Waals surface area contributed by atoms with E-state index in [9.17, 15) is 0 Å². The summed E-state index contributed by atoms with van der Waals surface area (Å²) in [6.45, 7) is 3.48. The van der Waals surface area contributed by atoms with E-state index >= 15 is 0 Å². The Hall–Kier alpha value is -3.42. The number of rotatable bonds is 3. The van der Waals surface area contributed by atoms with Gasteiger partial charge in [-0.1, -0.05) is 0 Å². The fourth-order valence-electron chi connectivity index (χ4n) is 3.32. The van der Waals surface area contributed by atoms with Crippen molar-refractivity contribution in [2.75, 3.05) is 36.0 Å². The molecule has 130 valence electrons. The first-order valence-electron chi connectivity index (χ1n) is 8.53. The Balaban J connectivity index is 1.35. The van der Waals surface area contributed by atoms with E-state index in [-0.39, 0.29) is 0 Å². The van der Waals surface area contributed by atoms with Crippen molar-refractivity contribution in [2.24, 2.45) is 0 Å². The van der Waals surface area contributed by atoms with Crippen LogP contribution in [-0.4, -0.2) is 50.9 Å². The van der Waals surface area contributed by atoms with E-state index < -0.39 is 0 Å². The Kier molecular flexibility index (Phi) is 3.52. The number of piperazine rings is 1. The SMILES string of the molecule is c1cnn(-c2cc(N3CCN(c4nccc5occc45)CC3)ncn2)c1. The highest BCUT2D eigenvalue weighted by Gasteiger charge is 2.21. The van der Waals surface area contributed by atoms with Gasteiger partial charge in [0.15, 0.2) is 5.82 Å². The zero-order chi connectivity index (χ0) is 17.3. The van der Waals surface area contributed by atoms with Gasteiger partial charge in [0, 0.05) is 50.8 Å². The molecule has 0 spiro atoms. The molecule has 0 N–H and O–H groups in total. The summed E-state index contributed by atoms with van der Waals surface area (Å²) in [5.74, 6) is 2.67. The molecule has 0 saturated carbocycles. The van der Waals surface area contributed by atoms with Crippen molar-refractivity contribution in [3.05, 3.63) is 55.4 Å². The topological polar surface area (TPSA) is 76.1 Å². The Morgan fingerprint density at radius 2 is 1.73 bits per heavy atom. The summed E-state index contributed by atoms with van der Waals surface area (Å²) < 4.78 is 7.23. The molecule has 0 aliphatic carbocycles. The first-order valence-corrected chi connectivity index (χ1v) is 8.53. The molecule has 0 unspecified atom stereocenters. The van der Waals surface area contributed by atoms with E-state index in [1.807, 2.05) is 30.5 Å².